The minimum atomic E-state index is -4.02. The van der Waals surface area contributed by atoms with Crippen LogP contribution in [0.3, 0.4) is 0 Å². The van der Waals surface area contributed by atoms with E-state index in [2.05, 4.69) is 4.72 Å². The fourth-order valence-electron chi connectivity index (χ4n) is 2.73. The number of rotatable bonds is 5. The summed E-state index contributed by atoms with van der Waals surface area (Å²) in [5.74, 6) is -0.463. The standard InChI is InChI=1S/C17H17FN2O4S/c1-24-15-8-7-14(20-9-3-6-17(20)21)11-16(15)25(22,23)19-13-5-2-4-12(18)10-13/h2,4-5,7-8,10-11,19H,3,6,9H2,1H3. The van der Waals surface area contributed by atoms with Gasteiger partial charge in [0.2, 0.25) is 5.91 Å². The van der Waals surface area contributed by atoms with Gasteiger partial charge < -0.3 is 9.64 Å². The van der Waals surface area contributed by atoms with E-state index in [4.69, 9.17) is 4.74 Å². The van der Waals surface area contributed by atoms with Crippen LogP contribution < -0.4 is 14.4 Å². The van der Waals surface area contributed by atoms with Crippen molar-refractivity contribution in [2.45, 2.75) is 17.7 Å². The lowest BCUT2D eigenvalue weighted by molar-refractivity contribution is -0.117. The first-order chi connectivity index (χ1) is 11.9. The minimum Gasteiger partial charge on any atom is -0.495 e. The highest BCUT2D eigenvalue weighted by atomic mass is 32.2. The Morgan fingerprint density at radius 2 is 2.00 bits per heavy atom. The first-order valence-corrected chi connectivity index (χ1v) is 9.16. The molecular weight excluding hydrogens is 347 g/mol. The Morgan fingerprint density at radius 1 is 1.20 bits per heavy atom. The van der Waals surface area contributed by atoms with Gasteiger partial charge in [0.1, 0.15) is 16.5 Å². The molecule has 1 saturated heterocycles. The number of carbonyl (C=O) groups is 1. The second-order valence-corrected chi connectivity index (χ2v) is 7.25. The molecule has 0 saturated carbocycles. The van der Waals surface area contributed by atoms with Crippen LogP contribution in [0.4, 0.5) is 15.8 Å². The van der Waals surface area contributed by atoms with Gasteiger partial charge in [-0.2, -0.15) is 0 Å². The van der Waals surface area contributed by atoms with Gasteiger partial charge >= 0.3 is 0 Å². The third kappa shape index (κ3) is 3.58. The zero-order valence-electron chi connectivity index (χ0n) is 13.5. The first kappa shape index (κ1) is 17.2. The van der Waals surface area contributed by atoms with Crippen molar-refractivity contribution < 1.29 is 22.3 Å². The third-order valence-corrected chi connectivity index (χ3v) is 5.30. The first-order valence-electron chi connectivity index (χ1n) is 7.67. The summed E-state index contributed by atoms with van der Waals surface area (Å²) in [6.07, 6.45) is 1.17. The molecule has 8 heteroatoms. The van der Waals surface area contributed by atoms with Gasteiger partial charge in [0, 0.05) is 18.7 Å². The van der Waals surface area contributed by atoms with E-state index in [1.54, 1.807) is 11.0 Å². The molecule has 6 nitrogen and oxygen atoms in total. The molecule has 3 rings (SSSR count). The molecule has 2 aromatic rings. The lowest BCUT2D eigenvalue weighted by atomic mass is 10.3. The van der Waals surface area contributed by atoms with Crippen molar-refractivity contribution in [1.29, 1.82) is 0 Å². The van der Waals surface area contributed by atoms with E-state index in [9.17, 15) is 17.6 Å². The van der Waals surface area contributed by atoms with E-state index < -0.39 is 15.8 Å². The molecule has 0 atom stereocenters. The monoisotopic (exact) mass is 364 g/mol. The number of nitrogens with one attached hydrogen (secondary N) is 1. The summed E-state index contributed by atoms with van der Waals surface area (Å²) < 4.78 is 46.2. The number of benzene rings is 2. The van der Waals surface area contributed by atoms with Crippen LogP contribution in [0.5, 0.6) is 5.75 Å². The molecule has 132 valence electrons. The van der Waals surface area contributed by atoms with Crippen molar-refractivity contribution in [3.05, 3.63) is 48.3 Å². The molecule has 0 bridgehead atoms. The molecule has 1 fully saturated rings. The second kappa shape index (κ2) is 6.72. The maximum atomic E-state index is 13.3. The van der Waals surface area contributed by atoms with E-state index in [0.717, 1.165) is 12.5 Å². The van der Waals surface area contributed by atoms with Crippen LogP contribution in [-0.4, -0.2) is 28.0 Å². The number of amides is 1. The number of halogens is 1. The summed E-state index contributed by atoms with van der Waals surface area (Å²) >= 11 is 0. The van der Waals surface area contributed by atoms with Crippen LogP contribution in [0, 0.1) is 5.82 Å². The van der Waals surface area contributed by atoms with Crippen molar-refractivity contribution in [2.24, 2.45) is 0 Å². The molecule has 2 aromatic carbocycles. The van der Waals surface area contributed by atoms with Crippen LogP contribution in [0.15, 0.2) is 47.4 Å². The van der Waals surface area contributed by atoms with Crippen molar-refractivity contribution in [1.82, 2.24) is 0 Å². The molecule has 0 radical (unpaired) electrons. The van der Waals surface area contributed by atoms with Gasteiger partial charge in [-0.1, -0.05) is 6.07 Å². The predicted molar refractivity (Wildman–Crippen MR) is 91.8 cm³/mol. The molecular formula is C17H17FN2O4S. The molecule has 0 aromatic heterocycles. The largest absolute Gasteiger partial charge is 0.495 e. The van der Waals surface area contributed by atoms with E-state index in [1.807, 2.05) is 0 Å². The summed E-state index contributed by atoms with van der Waals surface area (Å²) in [5, 5.41) is 0. The van der Waals surface area contributed by atoms with Crippen LogP contribution in [0.25, 0.3) is 0 Å². The number of carbonyl (C=O) groups excluding carboxylic acids is 1. The van der Waals surface area contributed by atoms with Crippen molar-refractivity contribution in [3.63, 3.8) is 0 Å². The van der Waals surface area contributed by atoms with Gasteiger partial charge in [-0.15, -0.1) is 0 Å². The van der Waals surface area contributed by atoms with Gasteiger partial charge in [-0.3, -0.25) is 9.52 Å². The summed E-state index contributed by atoms with van der Waals surface area (Å²) in [6.45, 7) is 0.544. The SMILES string of the molecule is COc1ccc(N2CCCC2=O)cc1S(=O)(=O)Nc1cccc(F)c1. The molecule has 1 aliphatic heterocycles. The summed E-state index contributed by atoms with van der Waals surface area (Å²) in [4.78, 5) is 13.3. The Bertz CT molecular complexity index is 915. The zero-order valence-corrected chi connectivity index (χ0v) is 14.3. The van der Waals surface area contributed by atoms with Gasteiger partial charge in [-0.05, 0) is 42.8 Å². The predicted octanol–water partition coefficient (Wildman–Crippen LogP) is 2.76. The maximum Gasteiger partial charge on any atom is 0.265 e. The Morgan fingerprint density at radius 3 is 2.64 bits per heavy atom. The van der Waals surface area contributed by atoms with Gasteiger partial charge in [-0.25, -0.2) is 12.8 Å². The Balaban J connectivity index is 2.00. The van der Waals surface area contributed by atoms with Crippen molar-refractivity contribution >= 4 is 27.3 Å². The number of methoxy groups -OCH3 is 1. The molecule has 25 heavy (non-hydrogen) atoms. The Hall–Kier alpha value is -2.61. The maximum absolute atomic E-state index is 13.3. The highest BCUT2D eigenvalue weighted by Crippen LogP contribution is 2.32. The summed E-state index contributed by atoms with van der Waals surface area (Å²) in [6, 6.07) is 9.69. The fraction of sp³-hybridized carbons (Fsp3) is 0.235. The Kier molecular flexibility index (Phi) is 4.63. The van der Waals surface area contributed by atoms with Gasteiger partial charge in [0.15, 0.2) is 0 Å². The molecule has 0 spiro atoms. The number of nitrogens with zero attached hydrogens (tertiary/aromatic N) is 1. The van der Waals surface area contributed by atoms with Crippen LogP contribution in [0.1, 0.15) is 12.8 Å². The highest BCUT2D eigenvalue weighted by Gasteiger charge is 2.26. The molecule has 1 N–H and O–H groups in total. The molecule has 1 amide bonds. The molecule has 1 aliphatic rings. The lowest BCUT2D eigenvalue weighted by Crippen LogP contribution is -2.24. The van der Waals surface area contributed by atoms with E-state index >= 15 is 0 Å². The molecule has 1 heterocycles. The van der Waals surface area contributed by atoms with Crippen LogP contribution in [-0.2, 0) is 14.8 Å². The number of hydrogen-bond acceptors (Lipinski definition) is 4. The Labute approximate surface area is 145 Å². The van der Waals surface area contributed by atoms with E-state index in [-0.39, 0.29) is 22.2 Å². The number of anilines is 2. The second-order valence-electron chi connectivity index (χ2n) is 5.60. The van der Waals surface area contributed by atoms with Crippen molar-refractivity contribution in [3.8, 4) is 5.75 Å². The quantitative estimate of drug-likeness (QED) is 0.885. The molecule has 0 unspecified atom stereocenters. The number of ether oxygens (including phenoxy) is 1. The number of sulfonamides is 1. The third-order valence-electron chi connectivity index (χ3n) is 3.90. The normalized spacial score (nSPS) is 14.6. The zero-order chi connectivity index (χ0) is 18.0. The average molecular weight is 364 g/mol. The lowest BCUT2D eigenvalue weighted by Gasteiger charge is -2.18. The van der Waals surface area contributed by atoms with Gasteiger partial charge in [0.05, 0.1) is 12.8 Å². The van der Waals surface area contributed by atoms with E-state index in [1.165, 1.54) is 37.4 Å². The van der Waals surface area contributed by atoms with Crippen LogP contribution >= 0.6 is 0 Å². The molecule has 0 aliphatic carbocycles. The number of hydrogen-bond donors (Lipinski definition) is 1. The smallest absolute Gasteiger partial charge is 0.265 e. The van der Waals surface area contributed by atoms with Gasteiger partial charge in [0.25, 0.3) is 10.0 Å². The minimum absolute atomic E-state index is 0.0494. The highest BCUT2D eigenvalue weighted by molar-refractivity contribution is 7.92. The van der Waals surface area contributed by atoms with E-state index in [0.29, 0.717) is 18.7 Å². The van der Waals surface area contributed by atoms with Crippen molar-refractivity contribution in [2.75, 3.05) is 23.3 Å². The van der Waals surface area contributed by atoms with Crippen LogP contribution in [0.2, 0.25) is 0 Å². The average Bonchev–Trinajstić information content (AvgIpc) is 3.00. The fourth-order valence-corrected chi connectivity index (χ4v) is 3.97. The summed E-state index contributed by atoms with van der Waals surface area (Å²) in [5.41, 5.74) is 0.590. The topological polar surface area (TPSA) is 75.7 Å². The summed E-state index contributed by atoms with van der Waals surface area (Å²) in [7, 11) is -2.66.